The van der Waals surface area contributed by atoms with Gasteiger partial charge in [-0.3, -0.25) is 14.9 Å². The number of nitrogens with one attached hydrogen (secondary N) is 1. The van der Waals surface area contributed by atoms with Crippen molar-refractivity contribution in [2.24, 2.45) is 0 Å². The van der Waals surface area contributed by atoms with E-state index in [2.05, 4.69) is 15.5 Å². The number of nitrogens with two attached hydrogens (primary N) is 1. The van der Waals surface area contributed by atoms with E-state index in [-0.39, 0.29) is 17.6 Å². The Labute approximate surface area is 88.3 Å². The Bertz CT molecular complexity index is 351. The fourth-order valence-electron chi connectivity index (χ4n) is 0.638. The lowest BCUT2D eigenvalue weighted by Crippen LogP contribution is -2.29. The third kappa shape index (κ3) is 3.71. The third-order valence-corrected chi connectivity index (χ3v) is 2.95. The van der Waals surface area contributed by atoms with Crippen LogP contribution in [0.2, 0.25) is 0 Å². The molecule has 0 atom stereocenters. The number of aromatic nitrogens is 2. The molecular weight excluding hydrogens is 224 g/mol. The largest absolute Gasteiger partial charge is 0.374 e. The predicted molar refractivity (Wildman–Crippen MR) is 53.9 cm³/mol. The van der Waals surface area contributed by atoms with Crippen molar-refractivity contribution in [2.75, 3.05) is 11.5 Å². The topological polar surface area (TPSA) is 98.0 Å². The molecular formula is C6H8N4O2S2. The van der Waals surface area contributed by atoms with Crippen molar-refractivity contribution in [3.05, 3.63) is 0 Å². The van der Waals surface area contributed by atoms with E-state index in [0.29, 0.717) is 9.47 Å². The van der Waals surface area contributed by atoms with Gasteiger partial charge in [0.1, 0.15) is 0 Å². The molecule has 0 radical (unpaired) electrons. The zero-order chi connectivity index (χ0) is 10.6. The number of carbonyl (C=O) groups excluding carboxylic acids is 2. The van der Waals surface area contributed by atoms with E-state index in [0.717, 1.165) is 0 Å². The summed E-state index contributed by atoms with van der Waals surface area (Å²) in [6, 6.07) is 0. The zero-order valence-corrected chi connectivity index (χ0v) is 8.94. The van der Waals surface area contributed by atoms with Gasteiger partial charge < -0.3 is 5.73 Å². The van der Waals surface area contributed by atoms with E-state index in [9.17, 15) is 9.59 Å². The van der Waals surface area contributed by atoms with Crippen LogP contribution in [0.5, 0.6) is 0 Å². The van der Waals surface area contributed by atoms with Crippen molar-refractivity contribution < 1.29 is 9.59 Å². The highest BCUT2D eigenvalue weighted by Gasteiger charge is 2.07. The Morgan fingerprint density at radius 2 is 2.29 bits per heavy atom. The second kappa shape index (κ2) is 4.91. The molecule has 0 aliphatic rings. The van der Waals surface area contributed by atoms with Crippen molar-refractivity contribution in [1.29, 1.82) is 0 Å². The minimum absolute atomic E-state index is 0.133. The monoisotopic (exact) mass is 232 g/mol. The van der Waals surface area contributed by atoms with Gasteiger partial charge in [0, 0.05) is 6.92 Å². The molecule has 3 N–H and O–H groups in total. The van der Waals surface area contributed by atoms with Crippen molar-refractivity contribution >= 4 is 40.0 Å². The molecule has 2 amide bonds. The first kappa shape index (κ1) is 10.9. The van der Waals surface area contributed by atoms with Crippen molar-refractivity contribution in [2.45, 2.75) is 11.3 Å². The average Bonchev–Trinajstić information content (AvgIpc) is 2.47. The number of nitrogens with zero attached hydrogens (tertiary/aromatic N) is 2. The molecule has 1 aromatic rings. The van der Waals surface area contributed by atoms with E-state index < -0.39 is 0 Å². The standard InChI is InChI=1S/C6H8N4O2S2/c1-3(11)8-4(12)2-13-6-10-9-5(7)14-6/h2H2,1H3,(H2,7,9)(H,8,11,12). The maximum absolute atomic E-state index is 11.0. The van der Waals surface area contributed by atoms with Crippen LogP contribution < -0.4 is 11.1 Å². The number of thioether (sulfide) groups is 1. The SMILES string of the molecule is CC(=O)NC(=O)CSc1nnc(N)s1. The quantitative estimate of drug-likeness (QED) is 0.705. The first-order valence-corrected chi connectivity index (χ1v) is 5.40. The van der Waals surface area contributed by atoms with Gasteiger partial charge in [-0.2, -0.15) is 0 Å². The van der Waals surface area contributed by atoms with Gasteiger partial charge in [-0.05, 0) is 0 Å². The van der Waals surface area contributed by atoms with Crippen LogP contribution in [0.1, 0.15) is 6.92 Å². The number of imide groups is 1. The summed E-state index contributed by atoms with van der Waals surface area (Å²) >= 11 is 2.39. The molecule has 0 aromatic carbocycles. The minimum atomic E-state index is -0.368. The Hall–Kier alpha value is -1.15. The van der Waals surface area contributed by atoms with Crippen molar-refractivity contribution in [1.82, 2.24) is 15.5 Å². The summed E-state index contributed by atoms with van der Waals surface area (Å²) in [6.07, 6.45) is 0. The van der Waals surface area contributed by atoms with E-state index >= 15 is 0 Å². The molecule has 1 heterocycles. The summed E-state index contributed by atoms with van der Waals surface area (Å²) in [5.41, 5.74) is 5.34. The molecule has 76 valence electrons. The molecule has 0 spiro atoms. The molecule has 8 heteroatoms. The van der Waals surface area contributed by atoms with Gasteiger partial charge in [0.25, 0.3) is 0 Å². The number of hydrogen-bond donors (Lipinski definition) is 2. The molecule has 0 unspecified atom stereocenters. The van der Waals surface area contributed by atoms with Crippen molar-refractivity contribution in [3.63, 3.8) is 0 Å². The maximum atomic E-state index is 11.0. The van der Waals surface area contributed by atoms with E-state index in [4.69, 9.17) is 5.73 Å². The summed E-state index contributed by atoms with van der Waals surface area (Å²) < 4.78 is 0.612. The van der Waals surface area contributed by atoms with Crippen LogP contribution >= 0.6 is 23.1 Å². The molecule has 0 saturated carbocycles. The van der Waals surface area contributed by atoms with Gasteiger partial charge in [0.15, 0.2) is 4.34 Å². The Kier molecular flexibility index (Phi) is 3.84. The van der Waals surface area contributed by atoms with E-state index in [1.165, 1.54) is 30.0 Å². The first-order chi connectivity index (χ1) is 6.58. The molecule has 0 fully saturated rings. The lowest BCUT2D eigenvalue weighted by molar-refractivity contribution is -0.127. The highest BCUT2D eigenvalue weighted by atomic mass is 32.2. The normalized spacial score (nSPS) is 9.79. The molecule has 0 aliphatic heterocycles. The van der Waals surface area contributed by atoms with E-state index in [1.54, 1.807) is 0 Å². The summed E-state index contributed by atoms with van der Waals surface area (Å²) in [7, 11) is 0. The van der Waals surface area contributed by atoms with Crippen LogP contribution in [0, 0.1) is 0 Å². The highest BCUT2D eigenvalue weighted by molar-refractivity contribution is 8.01. The molecule has 6 nitrogen and oxygen atoms in total. The molecule has 14 heavy (non-hydrogen) atoms. The molecule has 0 bridgehead atoms. The average molecular weight is 232 g/mol. The lowest BCUT2D eigenvalue weighted by atomic mass is 10.6. The Morgan fingerprint density at radius 1 is 1.57 bits per heavy atom. The van der Waals surface area contributed by atoms with Gasteiger partial charge in [0.05, 0.1) is 5.75 Å². The number of carbonyl (C=O) groups is 2. The summed E-state index contributed by atoms with van der Waals surface area (Å²) in [6.45, 7) is 1.28. The zero-order valence-electron chi connectivity index (χ0n) is 7.31. The van der Waals surface area contributed by atoms with Gasteiger partial charge in [0.2, 0.25) is 16.9 Å². The van der Waals surface area contributed by atoms with Gasteiger partial charge in [-0.25, -0.2) is 0 Å². The fraction of sp³-hybridized carbons (Fsp3) is 0.333. The number of rotatable bonds is 3. The van der Waals surface area contributed by atoms with Gasteiger partial charge >= 0.3 is 0 Å². The van der Waals surface area contributed by atoms with Crippen LogP contribution in [0.15, 0.2) is 4.34 Å². The van der Waals surface area contributed by atoms with E-state index in [1.807, 2.05) is 0 Å². The van der Waals surface area contributed by atoms with Crippen molar-refractivity contribution in [3.8, 4) is 0 Å². The molecule has 0 saturated heterocycles. The maximum Gasteiger partial charge on any atom is 0.236 e. The number of anilines is 1. The van der Waals surface area contributed by atoms with Crippen LogP contribution in [-0.2, 0) is 9.59 Å². The second-order valence-corrected chi connectivity index (χ2v) is 4.53. The Balaban J connectivity index is 2.34. The van der Waals surface area contributed by atoms with Gasteiger partial charge in [-0.1, -0.05) is 23.1 Å². The molecule has 0 aliphatic carbocycles. The highest BCUT2D eigenvalue weighted by Crippen LogP contribution is 2.22. The molecule has 1 aromatic heterocycles. The van der Waals surface area contributed by atoms with Crippen LogP contribution in [-0.4, -0.2) is 27.8 Å². The fourth-order valence-corrected chi connectivity index (χ4v) is 2.07. The number of nitrogen functional groups attached to an aromatic ring is 1. The van der Waals surface area contributed by atoms with Crippen LogP contribution in [0.25, 0.3) is 0 Å². The second-order valence-electron chi connectivity index (χ2n) is 2.30. The summed E-state index contributed by atoms with van der Waals surface area (Å²) in [5, 5.41) is 9.80. The first-order valence-electron chi connectivity index (χ1n) is 3.60. The molecule has 1 rings (SSSR count). The third-order valence-electron chi connectivity index (χ3n) is 1.06. The van der Waals surface area contributed by atoms with Gasteiger partial charge in [-0.15, -0.1) is 10.2 Å². The van der Waals surface area contributed by atoms with Crippen LogP contribution in [0.4, 0.5) is 5.13 Å². The lowest BCUT2D eigenvalue weighted by Gasteiger charge is -1.97. The minimum Gasteiger partial charge on any atom is -0.374 e. The smallest absolute Gasteiger partial charge is 0.236 e. The van der Waals surface area contributed by atoms with Crippen LogP contribution in [0.3, 0.4) is 0 Å². The predicted octanol–water partition coefficient (Wildman–Crippen LogP) is -0.125. The number of hydrogen-bond acceptors (Lipinski definition) is 7. The summed E-state index contributed by atoms with van der Waals surface area (Å²) in [4.78, 5) is 21.5. The summed E-state index contributed by atoms with van der Waals surface area (Å²) in [5.74, 6) is -0.586. The number of amides is 2. The Morgan fingerprint density at radius 3 is 2.79 bits per heavy atom.